The third-order valence-electron chi connectivity index (χ3n) is 3.62. The van der Waals surface area contributed by atoms with Gasteiger partial charge in [0.05, 0.1) is 16.1 Å². The molecule has 2 amide bonds. The van der Waals surface area contributed by atoms with E-state index in [2.05, 4.69) is 5.32 Å². The molecular formula is C18H22Cl2N2O3S. The van der Waals surface area contributed by atoms with Gasteiger partial charge in [0.25, 0.3) is 0 Å². The van der Waals surface area contributed by atoms with Crippen LogP contribution >= 0.6 is 35.0 Å². The minimum atomic E-state index is -0.543. The molecule has 1 aliphatic heterocycles. The highest BCUT2D eigenvalue weighted by Crippen LogP contribution is 2.35. The lowest BCUT2D eigenvalue weighted by Crippen LogP contribution is -2.61. The molecular weight excluding hydrogens is 395 g/mol. The fourth-order valence-electron chi connectivity index (χ4n) is 2.32. The van der Waals surface area contributed by atoms with Crippen molar-refractivity contribution in [2.45, 2.75) is 37.3 Å². The first-order valence-corrected chi connectivity index (χ1v) is 10.1. The van der Waals surface area contributed by atoms with Gasteiger partial charge in [-0.25, -0.2) is 4.79 Å². The highest BCUT2D eigenvalue weighted by molar-refractivity contribution is 7.98. The van der Waals surface area contributed by atoms with Crippen molar-refractivity contribution in [2.24, 2.45) is 0 Å². The Kier molecular flexibility index (Phi) is 6.88. The van der Waals surface area contributed by atoms with Crippen LogP contribution in [0.1, 0.15) is 26.3 Å². The summed E-state index contributed by atoms with van der Waals surface area (Å²) in [5.41, 5.74) is 0.144. The largest absolute Gasteiger partial charge is 0.444 e. The average Bonchev–Trinajstić information content (AvgIpc) is 2.50. The Morgan fingerprint density at radius 1 is 1.27 bits per heavy atom. The Labute approximate surface area is 168 Å². The minimum Gasteiger partial charge on any atom is -0.444 e. The molecule has 5 nitrogen and oxygen atoms in total. The number of ether oxygens (including phenoxy) is 1. The van der Waals surface area contributed by atoms with Crippen LogP contribution in [0.5, 0.6) is 0 Å². The molecule has 26 heavy (non-hydrogen) atoms. The molecule has 0 unspecified atom stereocenters. The zero-order valence-electron chi connectivity index (χ0n) is 15.1. The van der Waals surface area contributed by atoms with E-state index in [0.29, 0.717) is 28.7 Å². The summed E-state index contributed by atoms with van der Waals surface area (Å²) in [6.45, 7) is 6.30. The highest BCUT2D eigenvalue weighted by Gasteiger charge is 2.31. The van der Waals surface area contributed by atoms with Crippen molar-refractivity contribution in [3.8, 4) is 0 Å². The Hall–Kier alpha value is -1.37. The van der Waals surface area contributed by atoms with Gasteiger partial charge < -0.3 is 15.0 Å². The predicted octanol–water partition coefficient (Wildman–Crippen LogP) is 4.46. The molecule has 0 aliphatic carbocycles. The van der Waals surface area contributed by atoms with Crippen LogP contribution in [0, 0.1) is 0 Å². The molecule has 1 saturated heterocycles. The van der Waals surface area contributed by atoms with Crippen molar-refractivity contribution in [3.63, 3.8) is 0 Å². The number of rotatable bonds is 4. The number of benzene rings is 1. The van der Waals surface area contributed by atoms with Gasteiger partial charge in [-0.15, -0.1) is 11.8 Å². The van der Waals surface area contributed by atoms with E-state index in [1.54, 1.807) is 31.7 Å². The molecule has 0 aromatic heterocycles. The van der Waals surface area contributed by atoms with Crippen molar-refractivity contribution in [1.82, 2.24) is 10.2 Å². The van der Waals surface area contributed by atoms with E-state index >= 15 is 0 Å². The maximum absolute atomic E-state index is 12.2. The van der Waals surface area contributed by atoms with Crippen LogP contribution in [0.25, 0.3) is 6.08 Å². The second-order valence-corrected chi connectivity index (χ2v) is 8.51. The summed E-state index contributed by atoms with van der Waals surface area (Å²) in [7, 11) is 0. The number of nitrogens with one attached hydrogen (secondary N) is 1. The molecule has 142 valence electrons. The van der Waals surface area contributed by atoms with E-state index in [1.165, 1.54) is 17.8 Å². The van der Waals surface area contributed by atoms with Crippen LogP contribution in [0.4, 0.5) is 4.79 Å². The lowest BCUT2D eigenvalue weighted by atomic mass is 10.1. The molecule has 1 aliphatic rings. The Balaban J connectivity index is 1.86. The summed E-state index contributed by atoms with van der Waals surface area (Å²) in [6, 6.07) is 3.60. The number of likely N-dealkylation sites (tertiary alicyclic amines) is 1. The molecule has 8 heteroatoms. The van der Waals surface area contributed by atoms with Gasteiger partial charge in [-0.1, -0.05) is 29.3 Å². The van der Waals surface area contributed by atoms with Gasteiger partial charge in [0.1, 0.15) is 5.60 Å². The van der Waals surface area contributed by atoms with Gasteiger partial charge in [0.15, 0.2) is 0 Å². The second kappa shape index (κ2) is 8.55. The molecule has 1 N–H and O–H groups in total. The number of halogens is 2. The first-order chi connectivity index (χ1) is 12.1. The van der Waals surface area contributed by atoms with Crippen LogP contribution in [-0.2, 0) is 9.53 Å². The smallest absolute Gasteiger partial charge is 0.407 e. The summed E-state index contributed by atoms with van der Waals surface area (Å²) in [4.78, 5) is 26.4. The van der Waals surface area contributed by atoms with Crippen LogP contribution in [-0.4, -0.2) is 47.9 Å². The minimum absolute atomic E-state index is 0.0962. The Morgan fingerprint density at radius 2 is 1.92 bits per heavy atom. The van der Waals surface area contributed by atoms with Crippen molar-refractivity contribution in [3.05, 3.63) is 33.8 Å². The van der Waals surface area contributed by atoms with E-state index < -0.39 is 11.7 Å². The molecule has 0 atom stereocenters. The van der Waals surface area contributed by atoms with Gasteiger partial charge in [0.2, 0.25) is 5.91 Å². The van der Waals surface area contributed by atoms with Gasteiger partial charge >= 0.3 is 6.09 Å². The van der Waals surface area contributed by atoms with E-state index in [1.807, 2.05) is 18.4 Å². The van der Waals surface area contributed by atoms with Crippen molar-refractivity contribution >= 4 is 53.0 Å². The van der Waals surface area contributed by atoms with Gasteiger partial charge in [0, 0.05) is 24.1 Å². The quantitative estimate of drug-likeness (QED) is 0.581. The van der Waals surface area contributed by atoms with E-state index in [4.69, 9.17) is 27.9 Å². The summed E-state index contributed by atoms with van der Waals surface area (Å²) >= 11 is 13.9. The number of amides is 2. The van der Waals surface area contributed by atoms with E-state index in [0.717, 1.165) is 4.90 Å². The third kappa shape index (κ3) is 5.56. The number of carbonyl (C=O) groups excluding carboxylic acids is 2. The summed E-state index contributed by atoms with van der Waals surface area (Å²) < 4.78 is 5.19. The van der Waals surface area contributed by atoms with Gasteiger partial charge in [-0.2, -0.15) is 0 Å². The van der Waals surface area contributed by atoms with Crippen LogP contribution < -0.4 is 5.32 Å². The SMILES string of the molecule is CSc1ccc(/C=C/C(=O)N2CC(NC(=O)OC(C)(C)C)C2)c(Cl)c1Cl. The molecule has 1 heterocycles. The molecule has 0 radical (unpaired) electrons. The van der Waals surface area contributed by atoms with Crippen molar-refractivity contribution < 1.29 is 14.3 Å². The third-order valence-corrected chi connectivity index (χ3v) is 5.40. The topological polar surface area (TPSA) is 58.6 Å². The molecule has 1 aromatic carbocycles. The van der Waals surface area contributed by atoms with Crippen LogP contribution in [0.3, 0.4) is 0 Å². The summed E-state index contributed by atoms with van der Waals surface area (Å²) in [5.74, 6) is -0.145. The Morgan fingerprint density at radius 3 is 2.50 bits per heavy atom. The van der Waals surface area contributed by atoms with Crippen molar-refractivity contribution in [2.75, 3.05) is 19.3 Å². The zero-order valence-corrected chi connectivity index (χ0v) is 17.5. The Bertz CT molecular complexity index is 726. The second-order valence-electron chi connectivity index (χ2n) is 6.90. The van der Waals surface area contributed by atoms with Gasteiger partial charge in [-0.3, -0.25) is 4.79 Å². The van der Waals surface area contributed by atoms with E-state index in [9.17, 15) is 9.59 Å². The lowest BCUT2D eigenvalue weighted by molar-refractivity contribution is -0.130. The van der Waals surface area contributed by atoms with Gasteiger partial charge in [-0.05, 0) is 44.7 Å². The van der Waals surface area contributed by atoms with Crippen LogP contribution in [0.2, 0.25) is 10.0 Å². The monoisotopic (exact) mass is 416 g/mol. The summed E-state index contributed by atoms with van der Waals surface area (Å²) in [5, 5.41) is 3.65. The van der Waals surface area contributed by atoms with Crippen molar-refractivity contribution in [1.29, 1.82) is 0 Å². The fourth-order valence-corrected chi connectivity index (χ4v) is 3.50. The normalized spacial score (nSPS) is 15.1. The number of hydrogen-bond acceptors (Lipinski definition) is 4. The lowest BCUT2D eigenvalue weighted by Gasteiger charge is -2.39. The number of alkyl carbamates (subject to hydrolysis) is 1. The first-order valence-electron chi connectivity index (χ1n) is 8.09. The highest BCUT2D eigenvalue weighted by atomic mass is 35.5. The number of nitrogens with zero attached hydrogens (tertiary/aromatic N) is 1. The van der Waals surface area contributed by atoms with E-state index in [-0.39, 0.29) is 11.9 Å². The first kappa shape index (κ1) is 20.9. The molecule has 1 aromatic rings. The molecule has 0 bridgehead atoms. The fraction of sp³-hybridized carbons (Fsp3) is 0.444. The zero-order chi connectivity index (χ0) is 19.5. The molecule has 1 fully saturated rings. The molecule has 0 saturated carbocycles. The number of carbonyl (C=O) groups is 2. The predicted molar refractivity (Wildman–Crippen MR) is 107 cm³/mol. The molecule has 2 rings (SSSR count). The standard InChI is InChI=1S/C18H22Cl2N2O3S/c1-18(2,3)25-17(24)21-12-9-22(10-12)14(23)8-6-11-5-7-13(26-4)16(20)15(11)19/h5-8,12H,9-10H2,1-4H3,(H,21,24)/b8-6+. The number of thioether (sulfide) groups is 1. The number of hydrogen-bond donors (Lipinski definition) is 1. The maximum atomic E-state index is 12.2. The molecule has 0 spiro atoms. The summed E-state index contributed by atoms with van der Waals surface area (Å²) in [6.07, 6.45) is 4.55. The average molecular weight is 417 g/mol. The van der Waals surface area contributed by atoms with Crippen LogP contribution in [0.15, 0.2) is 23.1 Å². The maximum Gasteiger partial charge on any atom is 0.407 e.